The number of nitrogens with two attached hydrogens (primary N) is 1. The first kappa shape index (κ1) is 9.02. The van der Waals surface area contributed by atoms with Crippen molar-refractivity contribution >= 4 is 11.8 Å². The van der Waals surface area contributed by atoms with Crippen molar-refractivity contribution in [1.29, 1.82) is 0 Å². The molecule has 0 bridgehead atoms. The normalized spacial score (nSPS) is 24.9. The minimum atomic E-state index is 0.0579. The quantitative estimate of drug-likeness (QED) is 0.754. The van der Waals surface area contributed by atoms with Crippen LogP contribution in [0.3, 0.4) is 0 Å². The molecule has 2 unspecified atom stereocenters. The minimum absolute atomic E-state index is 0.0579. The van der Waals surface area contributed by atoms with Gasteiger partial charge in [0.1, 0.15) is 12.2 Å². The van der Waals surface area contributed by atoms with Crippen LogP contribution < -0.4 is 5.73 Å². The second kappa shape index (κ2) is 3.67. The van der Waals surface area contributed by atoms with Gasteiger partial charge in [0.2, 0.25) is 0 Å². The number of thioether (sulfide) groups is 1. The van der Waals surface area contributed by atoms with E-state index in [1.807, 2.05) is 18.8 Å². The van der Waals surface area contributed by atoms with E-state index in [9.17, 15) is 0 Å². The third kappa shape index (κ3) is 1.71. The Hall–Kier alpha value is -0.550. The van der Waals surface area contributed by atoms with Crippen molar-refractivity contribution in [2.24, 2.45) is 18.7 Å². The molecule has 0 amide bonds. The van der Waals surface area contributed by atoms with Gasteiger partial charge in [0.05, 0.1) is 6.04 Å². The highest BCUT2D eigenvalue weighted by Gasteiger charge is 2.26. The summed E-state index contributed by atoms with van der Waals surface area (Å²) in [5.41, 5.74) is 6.11. The Morgan fingerprint density at radius 1 is 1.77 bits per heavy atom. The van der Waals surface area contributed by atoms with Crippen molar-refractivity contribution in [2.45, 2.75) is 12.5 Å². The molecule has 1 fully saturated rings. The SMILES string of the molecule is Cn1ncnc1C(N)C1CCSC1. The monoisotopic (exact) mass is 198 g/mol. The van der Waals surface area contributed by atoms with E-state index in [1.165, 1.54) is 12.2 Å². The molecule has 1 aromatic rings. The molecule has 1 aliphatic heterocycles. The van der Waals surface area contributed by atoms with E-state index in [1.54, 1.807) is 11.0 Å². The molecule has 0 radical (unpaired) electrons. The first-order valence-electron chi connectivity index (χ1n) is 4.46. The van der Waals surface area contributed by atoms with Gasteiger partial charge in [0.25, 0.3) is 0 Å². The fourth-order valence-electron chi connectivity index (χ4n) is 1.65. The van der Waals surface area contributed by atoms with Crippen molar-refractivity contribution in [2.75, 3.05) is 11.5 Å². The zero-order chi connectivity index (χ0) is 9.26. The lowest BCUT2D eigenvalue weighted by Crippen LogP contribution is -2.24. The van der Waals surface area contributed by atoms with E-state index >= 15 is 0 Å². The fraction of sp³-hybridized carbons (Fsp3) is 0.750. The van der Waals surface area contributed by atoms with Crippen molar-refractivity contribution in [3.63, 3.8) is 0 Å². The van der Waals surface area contributed by atoms with E-state index in [0.717, 1.165) is 11.6 Å². The first-order chi connectivity index (χ1) is 6.29. The minimum Gasteiger partial charge on any atom is -0.321 e. The average Bonchev–Trinajstić information content (AvgIpc) is 2.72. The fourth-order valence-corrected chi connectivity index (χ4v) is 2.97. The third-order valence-electron chi connectivity index (χ3n) is 2.52. The number of nitrogens with zero attached hydrogens (tertiary/aromatic N) is 3. The summed E-state index contributed by atoms with van der Waals surface area (Å²) in [5, 5.41) is 4.03. The van der Waals surface area contributed by atoms with Gasteiger partial charge in [-0.1, -0.05) is 0 Å². The number of hydrogen-bond acceptors (Lipinski definition) is 4. The van der Waals surface area contributed by atoms with Crippen LogP contribution >= 0.6 is 11.8 Å². The molecule has 0 spiro atoms. The summed E-state index contributed by atoms with van der Waals surface area (Å²) in [7, 11) is 1.89. The van der Waals surface area contributed by atoms with Gasteiger partial charge in [-0.2, -0.15) is 16.9 Å². The van der Waals surface area contributed by atoms with Crippen molar-refractivity contribution < 1.29 is 0 Å². The van der Waals surface area contributed by atoms with Crippen LogP contribution in [-0.4, -0.2) is 26.3 Å². The first-order valence-corrected chi connectivity index (χ1v) is 5.61. The van der Waals surface area contributed by atoms with Crippen LogP contribution in [0.5, 0.6) is 0 Å². The van der Waals surface area contributed by atoms with Gasteiger partial charge in [0, 0.05) is 7.05 Å². The maximum absolute atomic E-state index is 6.11. The van der Waals surface area contributed by atoms with Gasteiger partial charge in [0.15, 0.2) is 0 Å². The molecule has 1 aliphatic rings. The van der Waals surface area contributed by atoms with Gasteiger partial charge in [-0.05, 0) is 23.8 Å². The van der Waals surface area contributed by atoms with Gasteiger partial charge in [-0.25, -0.2) is 4.98 Å². The van der Waals surface area contributed by atoms with Crippen LogP contribution in [0.25, 0.3) is 0 Å². The molecule has 5 heteroatoms. The summed E-state index contributed by atoms with van der Waals surface area (Å²) < 4.78 is 1.77. The Kier molecular flexibility index (Phi) is 2.55. The Labute approximate surface area is 81.9 Å². The van der Waals surface area contributed by atoms with Crippen molar-refractivity contribution in [1.82, 2.24) is 14.8 Å². The molecular weight excluding hydrogens is 184 g/mol. The lowest BCUT2D eigenvalue weighted by molar-refractivity contribution is 0.445. The highest BCUT2D eigenvalue weighted by molar-refractivity contribution is 7.99. The van der Waals surface area contributed by atoms with E-state index < -0.39 is 0 Å². The number of rotatable bonds is 2. The molecule has 2 heterocycles. The standard InChI is InChI=1S/C8H14N4S/c1-12-8(10-5-11-12)7(9)6-2-3-13-4-6/h5-7H,2-4,9H2,1H3. The van der Waals surface area contributed by atoms with E-state index in [4.69, 9.17) is 5.73 Å². The molecular formula is C8H14N4S. The van der Waals surface area contributed by atoms with Gasteiger partial charge in [-0.15, -0.1) is 0 Å². The molecule has 4 nitrogen and oxygen atoms in total. The molecule has 2 rings (SSSR count). The Morgan fingerprint density at radius 2 is 2.62 bits per heavy atom. The summed E-state index contributed by atoms with van der Waals surface area (Å²) >= 11 is 1.98. The Morgan fingerprint density at radius 3 is 3.15 bits per heavy atom. The van der Waals surface area contributed by atoms with Gasteiger partial charge < -0.3 is 5.73 Å². The van der Waals surface area contributed by atoms with E-state index in [2.05, 4.69) is 10.1 Å². The molecule has 0 aliphatic carbocycles. The molecule has 13 heavy (non-hydrogen) atoms. The highest BCUT2D eigenvalue weighted by Crippen LogP contribution is 2.31. The second-order valence-corrected chi connectivity index (χ2v) is 4.54. The van der Waals surface area contributed by atoms with Crippen molar-refractivity contribution in [3.05, 3.63) is 12.2 Å². The number of hydrogen-bond donors (Lipinski definition) is 1. The number of aromatic nitrogens is 3. The number of aryl methyl sites for hydroxylation is 1. The van der Waals surface area contributed by atoms with Crippen LogP contribution in [-0.2, 0) is 7.05 Å². The average molecular weight is 198 g/mol. The zero-order valence-corrected chi connectivity index (χ0v) is 8.50. The van der Waals surface area contributed by atoms with Crippen LogP contribution in [0, 0.1) is 5.92 Å². The van der Waals surface area contributed by atoms with Crippen LogP contribution in [0.4, 0.5) is 0 Å². The van der Waals surface area contributed by atoms with Crippen LogP contribution in [0.15, 0.2) is 6.33 Å². The molecule has 2 N–H and O–H groups in total. The molecule has 2 atom stereocenters. The maximum Gasteiger partial charge on any atom is 0.143 e. The Bertz CT molecular complexity index is 279. The smallest absolute Gasteiger partial charge is 0.143 e. The molecule has 72 valence electrons. The summed E-state index contributed by atoms with van der Waals surface area (Å²) in [6, 6.07) is 0.0579. The molecule has 1 saturated heterocycles. The molecule has 0 aromatic carbocycles. The maximum atomic E-state index is 6.11. The van der Waals surface area contributed by atoms with Crippen LogP contribution in [0.2, 0.25) is 0 Å². The predicted molar refractivity (Wildman–Crippen MR) is 53.4 cm³/mol. The summed E-state index contributed by atoms with van der Waals surface area (Å²) in [5.74, 6) is 3.88. The van der Waals surface area contributed by atoms with E-state index in [-0.39, 0.29) is 6.04 Å². The van der Waals surface area contributed by atoms with Crippen molar-refractivity contribution in [3.8, 4) is 0 Å². The lowest BCUT2D eigenvalue weighted by atomic mass is 9.99. The highest BCUT2D eigenvalue weighted by atomic mass is 32.2. The van der Waals surface area contributed by atoms with Gasteiger partial charge >= 0.3 is 0 Å². The predicted octanol–water partition coefficient (Wildman–Crippen LogP) is 0.568. The summed E-state index contributed by atoms with van der Waals surface area (Å²) in [6.45, 7) is 0. The largest absolute Gasteiger partial charge is 0.321 e. The van der Waals surface area contributed by atoms with Crippen LogP contribution in [0.1, 0.15) is 18.3 Å². The Balaban J connectivity index is 2.12. The summed E-state index contributed by atoms with van der Waals surface area (Å²) in [4.78, 5) is 4.18. The molecule has 1 aromatic heterocycles. The van der Waals surface area contributed by atoms with Gasteiger partial charge in [-0.3, -0.25) is 4.68 Å². The topological polar surface area (TPSA) is 56.7 Å². The lowest BCUT2D eigenvalue weighted by Gasteiger charge is -2.16. The van der Waals surface area contributed by atoms with E-state index in [0.29, 0.717) is 5.92 Å². The third-order valence-corrected chi connectivity index (χ3v) is 3.71. The molecule has 0 saturated carbocycles. The summed E-state index contributed by atoms with van der Waals surface area (Å²) in [6.07, 6.45) is 2.77. The zero-order valence-electron chi connectivity index (χ0n) is 7.68. The second-order valence-electron chi connectivity index (χ2n) is 3.39.